The van der Waals surface area contributed by atoms with Crippen LogP contribution in [0.1, 0.15) is 87.7 Å². The number of aliphatic hydroxyl groups is 3. The number of ketones is 2. The van der Waals surface area contributed by atoms with Gasteiger partial charge in [-0.15, -0.1) is 0 Å². The Hall–Kier alpha value is -3.07. The third-order valence-electron chi connectivity index (χ3n) is 12.2. The van der Waals surface area contributed by atoms with E-state index in [1.165, 1.54) is 43.7 Å². The van der Waals surface area contributed by atoms with Crippen molar-refractivity contribution in [3.05, 3.63) is 53.1 Å². The van der Waals surface area contributed by atoms with Crippen LogP contribution in [0.2, 0.25) is 0 Å². The lowest BCUT2D eigenvalue weighted by molar-refractivity contribution is -0.265. The molecule has 4 aliphatic carbocycles. The van der Waals surface area contributed by atoms with Gasteiger partial charge in [0.05, 0.1) is 17.6 Å². The number of nitrogens with two attached hydrogens (primary N) is 1. The highest BCUT2D eigenvalue weighted by Gasteiger charge is 2.75. The van der Waals surface area contributed by atoms with Gasteiger partial charge in [-0.3, -0.25) is 14.4 Å². The van der Waals surface area contributed by atoms with Gasteiger partial charge in [-0.05, 0) is 70.8 Å². The molecule has 0 spiro atoms. The number of rotatable bonds is 5. The Morgan fingerprint density at radius 3 is 2.24 bits per heavy atom. The van der Waals surface area contributed by atoms with Crippen LogP contribution in [-0.4, -0.2) is 55.7 Å². The third-order valence-corrected chi connectivity index (χ3v) is 12.2. The number of aromatic hydroxyl groups is 1. The third kappa shape index (κ3) is 4.62. The van der Waals surface area contributed by atoms with Crippen LogP contribution in [-0.2, 0) is 22.4 Å². The molecule has 3 fully saturated rings. The second-order valence-corrected chi connectivity index (χ2v) is 15.4. The summed E-state index contributed by atoms with van der Waals surface area (Å²) < 4.78 is 0. The van der Waals surface area contributed by atoms with Crippen LogP contribution in [0.4, 0.5) is 0 Å². The number of carbonyl (C=O) groups is 3. The Morgan fingerprint density at radius 1 is 1.00 bits per heavy atom. The summed E-state index contributed by atoms with van der Waals surface area (Å²) in [6, 6.07) is 11.7. The fourth-order valence-corrected chi connectivity index (χ4v) is 10.3. The van der Waals surface area contributed by atoms with Gasteiger partial charge in [0.2, 0.25) is 5.91 Å². The summed E-state index contributed by atoms with van der Waals surface area (Å²) in [6.07, 6.45) is 4.55. The predicted molar refractivity (Wildman–Crippen MR) is 169 cm³/mol. The molecule has 0 bridgehead atoms. The second kappa shape index (κ2) is 11.0. The van der Waals surface area contributed by atoms with E-state index in [-0.39, 0.29) is 23.7 Å². The first-order chi connectivity index (χ1) is 21.2. The maximum absolute atomic E-state index is 14.4. The first-order valence-electron chi connectivity index (χ1n) is 16.6. The lowest BCUT2D eigenvalue weighted by Crippen LogP contribution is -2.79. The molecular weight excluding hydrogens is 570 g/mol. The fourth-order valence-electron chi connectivity index (χ4n) is 10.3. The van der Waals surface area contributed by atoms with E-state index >= 15 is 0 Å². The normalized spacial score (nSPS) is 36.8. The summed E-state index contributed by atoms with van der Waals surface area (Å²) >= 11 is 0. The van der Waals surface area contributed by atoms with Crippen LogP contribution in [0.25, 0.3) is 11.1 Å². The quantitative estimate of drug-likeness (QED) is 0.312. The zero-order chi connectivity index (χ0) is 32.6. The van der Waals surface area contributed by atoms with E-state index in [1.54, 1.807) is 6.92 Å². The summed E-state index contributed by atoms with van der Waals surface area (Å²) in [5, 5.41) is 46.6. The van der Waals surface area contributed by atoms with Crippen molar-refractivity contribution in [1.29, 1.82) is 0 Å². The first-order valence-corrected chi connectivity index (χ1v) is 16.6. The van der Waals surface area contributed by atoms with Gasteiger partial charge in [-0.1, -0.05) is 90.1 Å². The van der Waals surface area contributed by atoms with Crippen molar-refractivity contribution >= 4 is 17.5 Å². The number of amides is 1. The number of hydrogen-bond donors (Lipinski definition) is 5. The minimum atomic E-state index is -2.51. The van der Waals surface area contributed by atoms with Crippen molar-refractivity contribution in [3.63, 3.8) is 0 Å². The van der Waals surface area contributed by atoms with Crippen LogP contribution in [0.15, 0.2) is 36.4 Å². The van der Waals surface area contributed by atoms with Gasteiger partial charge < -0.3 is 26.2 Å². The zero-order valence-electron chi connectivity index (χ0n) is 26.8. The molecule has 6 rings (SSSR count). The number of carbonyl (C=O) groups excluding carboxylic acids is 3. The lowest BCUT2D eigenvalue weighted by atomic mass is 9.39. The molecule has 242 valence electrons. The highest BCUT2D eigenvalue weighted by Crippen LogP contribution is 2.66. The molecule has 0 aliphatic heterocycles. The molecule has 4 aliphatic rings. The summed E-state index contributed by atoms with van der Waals surface area (Å²) in [4.78, 5) is 40.7. The molecule has 0 saturated heterocycles. The number of phenolic OH excluding ortho intramolecular Hbond substituents is 1. The number of aliphatic hydroxyl groups excluding tert-OH is 2. The van der Waals surface area contributed by atoms with E-state index in [9.17, 15) is 34.8 Å². The van der Waals surface area contributed by atoms with Crippen LogP contribution in [0, 0.1) is 40.4 Å². The van der Waals surface area contributed by atoms with Crippen molar-refractivity contribution in [1.82, 2.24) is 0 Å². The van der Waals surface area contributed by atoms with Crippen molar-refractivity contribution in [2.75, 3.05) is 0 Å². The lowest BCUT2D eigenvalue weighted by Gasteiger charge is -2.66. The molecular formula is C37H47NO7. The van der Waals surface area contributed by atoms with E-state index < -0.39 is 63.9 Å². The van der Waals surface area contributed by atoms with Gasteiger partial charge in [-0.25, -0.2) is 0 Å². The predicted octanol–water partition coefficient (Wildman–Crippen LogP) is 4.36. The van der Waals surface area contributed by atoms with Crippen molar-refractivity contribution < 1.29 is 34.8 Å². The molecule has 3 saturated carbocycles. The number of Topliss-reactive ketones (excluding diaryl/α,β-unsaturated/α-hetero) is 2. The number of primary amides is 1. The van der Waals surface area contributed by atoms with E-state index in [4.69, 9.17) is 5.73 Å². The van der Waals surface area contributed by atoms with Crippen LogP contribution in [0.3, 0.4) is 0 Å². The number of hydrogen-bond acceptors (Lipinski definition) is 7. The summed E-state index contributed by atoms with van der Waals surface area (Å²) in [7, 11) is 0. The topological polar surface area (TPSA) is 158 Å². The molecule has 6 N–H and O–H groups in total. The highest BCUT2D eigenvalue weighted by molar-refractivity contribution is 6.09. The minimum absolute atomic E-state index is 0.0858. The summed E-state index contributed by atoms with van der Waals surface area (Å²) in [5.74, 6) is -6.23. The van der Waals surface area contributed by atoms with Gasteiger partial charge in [0.1, 0.15) is 17.8 Å². The number of benzene rings is 2. The second-order valence-electron chi connectivity index (χ2n) is 15.4. The van der Waals surface area contributed by atoms with Gasteiger partial charge in [0, 0.05) is 5.41 Å². The molecule has 8 nitrogen and oxygen atoms in total. The average Bonchev–Trinajstić information content (AvgIpc) is 2.96. The Kier molecular flexibility index (Phi) is 7.82. The van der Waals surface area contributed by atoms with Gasteiger partial charge >= 0.3 is 0 Å². The largest absolute Gasteiger partial charge is 0.507 e. The van der Waals surface area contributed by atoms with Crippen LogP contribution < -0.4 is 5.73 Å². The zero-order valence-corrected chi connectivity index (χ0v) is 26.8. The highest BCUT2D eigenvalue weighted by atomic mass is 16.4. The standard InChI is InChI=1S/C37H47NO7/c1-19(2)28-31(41)27(34(38)44)32(42)37(45)33(43)29-30(40)26-24(17-35(29,3)18-36(28,37)4)23(14-15-25(26)39)22-12-10-21(11-13-22)16-20-8-6-5-7-9-20/h10-15,19-20,27-29,31,33,39,41,43,45H,5-9,16-18H2,1-4H3,(H2,38,44)/t27-,28+,29-,31?,33?,35-,36-,37+/m1/s1. The van der Waals surface area contributed by atoms with Crippen molar-refractivity contribution in [2.24, 2.45) is 46.2 Å². The van der Waals surface area contributed by atoms with E-state index in [0.717, 1.165) is 17.5 Å². The maximum Gasteiger partial charge on any atom is 0.230 e. The van der Waals surface area contributed by atoms with Crippen LogP contribution in [0.5, 0.6) is 5.75 Å². The SMILES string of the molecule is CC(C)[C@H]1C(O)[C@@H](C(N)=O)C(=O)[C@]2(O)C(O)[C@H]3C(=O)c4c(O)ccc(-c5ccc(CC6CCCCC6)cc5)c4C[C@]3(C)C[C@]12C. The smallest absolute Gasteiger partial charge is 0.230 e. The van der Waals surface area contributed by atoms with E-state index in [1.807, 2.05) is 26.8 Å². The molecule has 8 atom stereocenters. The molecule has 0 heterocycles. The van der Waals surface area contributed by atoms with Gasteiger partial charge in [-0.2, -0.15) is 0 Å². The number of phenols is 1. The molecule has 2 unspecified atom stereocenters. The van der Waals surface area contributed by atoms with Gasteiger partial charge in [0.15, 0.2) is 17.2 Å². The van der Waals surface area contributed by atoms with Crippen LogP contribution >= 0.6 is 0 Å². The molecule has 8 heteroatoms. The minimum Gasteiger partial charge on any atom is -0.507 e. The Balaban J connectivity index is 1.43. The Morgan fingerprint density at radius 2 is 1.64 bits per heavy atom. The van der Waals surface area contributed by atoms with E-state index in [0.29, 0.717) is 17.9 Å². The molecule has 0 radical (unpaired) electrons. The summed E-state index contributed by atoms with van der Waals surface area (Å²) in [6.45, 7) is 7.23. The average molecular weight is 618 g/mol. The van der Waals surface area contributed by atoms with Crippen molar-refractivity contribution in [3.8, 4) is 16.9 Å². The molecule has 2 aromatic rings. The summed E-state index contributed by atoms with van der Waals surface area (Å²) in [5.41, 5.74) is 4.48. The molecule has 1 amide bonds. The van der Waals surface area contributed by atoms with Gasteiger partial charge in [0.25, 0.3) is 0 Å². The Bertz CT molecular complexity index is 1530. The van der Waals surface area contributed by atoms with E-state index in [2.05, 4.69) is 24.3 Å². The molecule has 0 aromatic heterocycles. The Labute approximate surface area is 265 Å². The number of fused-ring (bicyclic) bond motifs is 3. The first kappa shape index (κ1) is 31.9. The monoisotopic (exact) mass is 617 g/mol. The fraction of sp³-hybridized carbons (Fsp3) is 0.595. The maximum atomic E-state index is 14.4. The molecule has 2 aromatic carbocycles. The van der Waals surface area contributed by atoms with Crippen molar-refractivity contribution in [2.45, 2.75) is 96.9 Å². The molecule has 45 heavy (non-hydrogen) atoms.